The lowest BCUT2D eigenvalue weighted by atomic mass is 10.2. The van der Waals surface area contributed by atoms with Crippen molar-refractivity contribution in [1.82, 2.24) is 0 Å². The molecule has 2 N–H and O–H groups in total. The molecule has 0 spiro atoms. The van der Waals surface area contributed by atoms with Gasteiger partial charge in [0.25, 0.3) is 0 Å². The van der Waals surface area contributed by atoms with Gasteiger partial charge < -0.3 is 10.6 Å². The van der Waals surface area contributed by atoms with E-state index in [4.69, 9.17) is 0 Å². The largest absolute Gasteiger partial charge is 0.385 e. The molecule has 0 atom stereocenters. The summed E-state index contributed by atoms with van der Waals surface area (Å²) in [4.78, 5) is 11.5. The fourth-order valence-corrected chi connectivity index (χ4v) is 1.53. The van der Waals surface area contributed by atoms with Crippen LogP contribution in [0.2, 0.25) is 0 Å². The Balaban J connectivity index is 1.88. The predicted molar refractivity (Wildman–Crippen MR) is 66.6 cm³/mol. The van der Waals surface area contributed by atoms with Crippen LogP contribution in [0.3, 0.4) is 0 Å². The van der Waals surface area contributed by atoms with Crippen molar-refractivity contribution in [2.45, 2.75) is 26.2 Å². The molecule has 1 aromatic rings. The van der Waals surface area contributed by atoms with E-state index >= 15 is 0 Å². The number of carbonyl (C=O) groups excluding carboxylic acids is 1. The zero-order valence-electron chi connectivity index (χ0n) is 9.62. The molecule has 1 fully saturated rings. The zero-order valence-corrected chi connectivity index (χ0v) is 9.62. The topological polar surface area (TPSA) is 41.1 Å². The highest BCUT2D eigenvalue weighted by atomic mass is 16.2. The second-order valence-electron chi connectivity index (χ2n) is 4.27. The molecule has 1 saturated carbocycles. The Morgan fingerprint density at radius 1 is 1.25 bits per heavy atom. The molecule has 0 radical (unpaired) electrons. The van der Waals surface area contributed by atoms with Crippen LogP contribution in [-0.4, -0.2) is 12.5 Å². The summed E-state index contributed by atoms with van der Waals surface area (Å²) in [5, 5.41) is 6.22. The second kappa shape index (κ2) is 5.01. The fraction of sp³-hybridized carbons (Fsp3) is 0.462. The Labute approximate surface area is 96.2 Å². The maximum atomic E-state index is 11.5. The summed E-state index contributed by atoms with van der Waals surface area (Å²) in [6.45, 7) is 3.12. The van der Waals surface area contributed by atoms with Crippen LogP contribution in [0, 0.1) is 5.92 Å². The number of nitrogens with one attached hydrogen (secondary N) is 2. The van der Waals surface area contributed by atoms with E-state index in [1.54, 1.807) is 0 Å². The van der Waals surface area contributed by atoms with Gasteiger partial charge in [0, 0.05) is 23.8 Å². The lowest BCUT2D eigenvalue weighted by Gasteiger charge is -2.07. The van der Waals surface area contributed by atoms with E-state index in [1.165, 1.54) is 0 Å². The van der Waals surface area contributed by atoms with E-state index in [-0.39, 0.29) is 11.8 Å². The SMILES string of the molecule is CCCNc1ccc(NC(=O)C2CC2)cc1. The first kappa shape index (κ1) is 11.0. The van der Waals surface area contributed by atoms with E-state index in [2.05, 4.69) is 17.6 Å². The van der Waals surface area contributed by atoms with Crippen molar-refractivity contribution >= 4 is 17.3 Å². The Hall–Kier alpha value is -1.51. The molecule has 1 aliphatic carbocycles. The molecule has 3 nitrogen and oxygen atoms in total. The summed E-state index contributed by atoms with van der Waals surface area (Å²) >= 11 is 0. The lowest BCUT2D eigenvalue weighted by molar-refractivity contribution is -0.117. The third kappa shape index (κ3) is 2.99. The van der Waals surface area contributed by atoms with Crippen molar-refractivity contribution in [2.24, 2.45) is 5.92 Å². The average Bonchev–Trinajstić information content (AvgIpc) is 3.12. The first-order chi connectivity index (χ1) is 7.79. The molecule has 0 bridgehead atoms. The molecule has 1 amide bonds. The molecular weight excluding hydrogens is 200 g/mol. The van der Waals surface area contributed by atoms with Gasteiger partial charge in [-0.25, -0.2) is 0 Å². The van der Waals surface area contributed by atoms with Gasteiger partial charge in [0.1, 0.15) is 0 Å². The average molecular weight is 218 g/mol. The first-order valence-corrected chi connectivity index (χ1v) is 5.94. The quantitative estimate of drug-likeness (QED) is 0.798. The molecule has 0 saturated heterocycles. The number of rotatable bonds is 5. The Morgan fingerprint density at radius 3 is 2.44 bits per heavy atom. The molecule has 1 aliphatic rings. The van der Waals surface area contributed by atoms with Gasteiger partial charge >= 0.3 is 0 Å². The van der Waals surface area contributed by atoms with Gasteiger partial charge in [-0.2, -0.15) is 0 Å². The third-order valence-corrected chi connectivity index (χ3v) is 2.68. The molecule has 3 heteroatoms. The van der Waals surface area contributed by atoms with E-state index in [0.29, 0.717) is 0 Å². The summed E-state index contributed by atoms with van der Waals surface area (Å²) < 4.78 is 0. The van der Waals surface area contributed by atoms with Crippen LogP contribution >= 0.6 is 0 Å². The molecule has 86 valence electrons. The van der Waals surface area contributed by atoms with Crippen LogP contribution in [0.1, 0.15) is 26.2 Å². The summed E-state index contributed by atoms with van der Waals surface area (Å²) in [5.41, 5.74) is 1.99. The molecule has 0 aromatic heterocycles. The van der Waals surface area contributed by atoms with Crippen LogP contribution in [0.25, 0.3) is 0 Å². The molecule has 0 heterocycles. The zero-order chi connectivity index (χ0) is 11.4. The van der Waals surface area contributed by atoms with Gasteiger partial charge in [-0.3, -0.25) is 4.79 Å². The highest BCUT2D eigenvalue weighted by molar-refractivity contribution is 5.94. The molecule has 2 rings (SSSR count). The van der Waals surface area contributed by atoms with E-state index < -0.39 is 0 Å². The standard InChI is InChI=1S/C13H18N2O/c1-2-9-14-11-5-7-12(8-6-11)15-13(16)10-3-4-10/h5-8,10,14H,2-4,9H2,1H3,(H,15,16). The first-order valence-electron chi connectivity index (χ1n) is 5.94. The van der Waals surface area contributed by atoms with E-state index in [0.717, 1.165) is 37.2 Å². The number of hydrogen-bond acceptors (Lipinski definition) is 2. The van der Waals surface area contributed by atoms with Gasteiger partial charge in [0.2, 0.25) is 5.91 Å². The molecular formula is C13H18N2O. The van der Waals surface area contributed by atoms with Crippen LogP contribution in [0.4, 0.5) is 11.4 Å². The van der Waals surface area contributed by atoms with E-state index in [9.17, 15) is 4.79 Å². The number of hydrogen-bond donors (Lipinski definition) is 2. The van der Waals surface area contributed by atoms with Crippen LogP contribution < -0.4 is 10.6 Å². The maximum absolute atomic E-state index is 11.5. The highest BCUT2D eigenvalue weighted by Crippen LogP contribution is 2.30. The van der Waals surface area contributed by atoms with Crippen molar-refractivity contribution in [3.63, 3.8) is 0 Å². The van der Waals surface area contributed by atoms with Gasteiger partial charge in [0.15, 0.2) is 0 Å². The Kier molecular flexibility index (Phi) is 3.44. The number of carbonyl (C=O) groups is 1. The molecule has 0 unspecified atom stereocenters. The van der Waals surface area contributed by atoms with Crippen molar-refractivity contribution in [3.05, 3.63) is 24.3 Å². The Bertz CT molecular complexity index is 355. The smallest absolute Gasteiger partial charge is 0.227 e. The molecule has 16 heavy (non-hydrogen) atoms. The lowest BCUT2D eigenvalue weighted by Crippen LogP contribution is -2.13. The number of amides is 1. The van der Waals surface area contributed by atoms with Crippen molar-refractivity contribution in [2.75, 3.05) is 17.2 Å². The van der Waals surface area contributed by atoms with Crippen molar-refractivity contribution in [1.29, 1.82) is 0 Å². The Morgan fingerprint density at radius 2 is 1.88 bits per heavy atom. The van der Waals surface area contributed by atoms with Gasteiger partial charge in [0.05, 0.1) is 0 Å². The normalized spacial score (nSPS) is 14.6. The summed E-state index contributed by atoms with van der Waals surface area (Å²) in [6, 6.07) is 7.88. The van der Waals surface area contributed by atoms with Crippen LogP contribution in [-0.2, 0) is 4.79 Å². The summed E-state index contributed by atoms with van der Waals surface area (Å²) in [6.07, 6.45) is 3.20. The predicted octanol–water partition coefficient (Wildman–Crippen LogP) is 2.86. The second-order valence-corrected chi connectivity index (χ2v) is 4.27. The van der Waals surface area contributed by atoms with Crippen LogP contribution in [0.5, 0.6) is 0 Å². The summed E-state index contributed by atoms with van der Waals surface area (Å²) in [5.74, 6) is 0.423. The van der Waals surface area contributed by atoms with Crippen molar-refractivity contribution in [3.8, 4) is 0 Å². The molecule has 1 aromatic carbocycles. The van der Waals surface area contributed by atoms with E-state index in [1.807, 2.05) is 24.3 Å². The van der Waals surface area contributed by atoms with Gasteiger partial charge in [-0.1, -0.05) is 6.92 Å². The molecule has 0 aliphatic heterocycles. The van der Waals surface area contributed by atoms with Gasteiger partial charge in [-0.05, 0) is 43.5 Å². The van der Waals surface area contributed by atoms with Crippen molar-refractivity contribution < 1.29 is 4.79 Å². The summed E-state index contributed by atoms with van der Waals surface area (Å²) in [7, 11) is 0. The number of benzene rings is 1. The fourth-order valence-electron chi connectivity index (χ4n) is 1.53. The number of anilines is 2. The minimum absolute atomic E-state index is 0.161. The third-order valence-electron chi connectivity index (χ3n) is 2.68. The monoisotopic (exact) mass is 218 g/mol. The minimum atomic E-state index is 0.161. The van der Waals surface area contributed by atoms with Crippen LogP contribution in [0.15, 0.2) is 24.3 Å². The van der Waals surface area contributed by atoms with Gasteiger partial charge in [-0.15, -0.1) is 0 Å². The minimum Gasteiger partial charge on any atom is -0.385 e. The highest BCUT2D eigenvalue weighted by Gasteiger charge is 2.29. The maximum Gasteiger partial charge on any atom is 0.227 e.